The van der Waals surface area contributed by atoms with Gasteiger partial charge in [0.2, 0.25) is 0 Å². The highest BCUT2D eigenvalue weighted by Crippen LogP contribution is 2.41. The average Bonchev–Trinajstić information content (AvgIpc) is 3.34. The molecule has 4 aromatic carbocycles. The predicted octanol–water partition coefficient (Wildman–Crippen LogP) is 7.62. The summed E-state index contributed by atoms with van der Waals surface area (Å²) in [6.07, 6.45) is 0. The van der Waals surface area contributed by atoms with Crippen LogP contribution in [0.4, 0.5) is 0 Å². The van der Waals surface area contributed by atoms with E-state index in [1.165, 1.54) is 43.4 Å². The van der Waals surface area contributed by atoms with Gasteiger partial charge in [0.15, 0.2) is 0 Å². The molecule has 6 aromatic rings. The van der Waals surface area contributed by atoms with Gasteiger partial charge in [-0.25, -0.2) is 0 Å². The Balaban J connectivity index is 1.91. The molecule has 0 amide bonds. The molecule has 2 aromatic heterocycles. The normalized spacial score (nSPS) is 11.8. The molecule has 0 spiro atoms. The number of thiophene rings is 1. The summed E-state index contributed by atoms with van der Waals surface area (Å²) in [4.78, 5) is 0. The standard InChI is InChI=1S/C24H14OS/c1-2-6-17-15(5-1)13-21(16-11-12-26-14-16)19-9-10-20-18-7-3-4-8-22(18)25-24(20)23(17)19/h1-14H. The van der Waals surface area contributed by atoms with E-state index in [0.29, 0.717) is 0 Å². The van der Waals surface area contributed by atoms with Crippen molar-refractivity contribution in [3.05, 3.63) is 83.6 Å². The monoisotopic (exact) mass is 350 g/mol. The number of para-hydroxylation sites is 1. The first-order valence-electron chi connectivity index (χ1n) is 8.68. The maximum Gasteiger partial charge on any atom is 0.143 e. The van der Waals surface area contributed by atoms with Crippen molar-refractivity contribution in [2.24, 2.45) is 0 Å². The van der Waals surface area contributed by atoms with E-state index in [2.05, 4.69) is 71.4 Å². The number of hydrogen-bond donors (Lipinski definition) is 0. The van der Waals surface area contributed by atoms with Crippen LogP contribution in [-0.2, 0) is 0 Å². The fraction of sp³-hybridized carbons (Fsp3) is 0. The lowest BCUT2D eigenvalue weighted by atomic mass is 9.93. The molecule has 0 saturated heterocycles. The molecule has 0 bridgehead atoms. The summed E-state index contributed by atoms with van der Waals surface area (Å²) >= 11 is 1.73. The lowest BCUT2D eigenvalue weighted by Gasteiger charge is -2.10. The summed E-state index contributed by atoms with van der Waals surface area (Å²) in [5.74, 6) is 0. The van der Waals surface area contributed by atoms with Crippen molar-refractivity contribution in [3.63, 3.8) is 0 Å². The van der Waals surface area contributed by atoms with Gasteiger partial charge >= 0.3 is 0 Å². The molecule has 0 atom stereocenters. The maximum atomic E-state index is 6.35. The molecule has 1 nitrogen and oxygen atoms in total. The second-order valence-corrected chi connectivity index (χ2v) is 7.40. The summed E-state index contributed by atoms with van der Waals surface area (Å²) in [5, 5.41) is 11.6. The van der Waals surface area contributed by atoms with Crippen LogP contribution in [0, 0.1) is 0 Å². The number of hydrogen-bond acceptors (Lipinski definition) is 2. The Morgan fingerprint density at radius 3 is 2.38 bits per heavy atom. The molecular formula is C24H14OS. The molecule has 122 valence electrons. The molecule has 0 saturated carbocycles. The van der Waals surface area contributed by atoms with Gasteiger partial charge in [-0.3, -0.25) is 0 Å². The summed E-state index contributed by atoms with van der Waals surface area (Å²) < 4.78 is 6.35. The van der Waals surface area contributed by atoms with Crippen molar-refractivity contribution in [2.45, 2.75) is 0 Å². The van der Waals surface area contributed by atoms with Gasteiger partial charge in [0.05, 0.1) is 0 Å². The predicted molar refractivity (Wildman–Crippen MR) is 112 cm³/mol. The lowest BCUT2D eigenvalue weighted by molar-refractivity contribution is 0.673. The quantitative estimate of drug-likeness (QED) is 0.278. The molecule has 0 aliphatic carbocycles. The van der Waals surface area contributed by atoms with Crippen molar-refractivity contribution in [1.29, 1.82) is 0 Å². The molecule has 2 heteroatoms. The Labute approximate surface area is 154 Å². The van der Waals surface area contributed by atoms with Crippen LogP contribution >= 0.6 is 11.3 Å². The third-order valence-electron chi connectivity index (χ3n) is 5.20. The molecular weight excluding hydrogens is 336 g/mol. The Hall–Kier alpha value is -3.10. The first kappa shape index (κ1) is 14.1. The molecule has 0 fully saturated rings. The van der Waals surface area contributed by atoms with Crippen molar-refractivity contribution in [1.82, 2.24) is 0 Å². The van der Waals surface area contributed by atoms with E-state index in [1.807, 2.05) is 12.1 Å². The molecule has 26 heavy (non-hydrogen) atoms. The lowest BCUT2D eigenvalue weighted by Crippen LogP contribution is -1.84. The summed E-state index contributed by atoms with van der Waals surface area (Å²) in [5.41, 5.74) is 4.46. The number of fused-ring (bicyclic) bond motifs is 7. The van der Waals surface area contributed by atoms with Crippen molar-refractivity contribution >= 4 is 54.8 Å². The van der Waals surface area contributed by atoms with Crippen LogP contribution < -0.4 is 0 Å². The zero-order chi connectivity index (χ0) is 17.1. The van der Waals surface area contributed by atoms with Gasteiger partial charge in [-0.15, -0.1) is 0 Å². The Morgan fingerprint density at radius 2 is 1.50 bits per heavy atom. The van der Waals surface area contributed by atoms with E-state index in [-0.39, 0.29) is 0 Å². The molecule has 2 heterocycles. The van der Waals surface area contributed by atoms with Crippen LogP contribution in [-0.4, -0.2) is 0 Å². The minimum absolute atomic E-state index is 0.944. The van der Waals surface area contributed by atoms with E-state index in [9.17, 15) is 0 Å². The van der Waals surface area contributed by atoms with Crippen LogP contribution in [0.15, 0.2) is 88.0 Å². The van der Waals surface area contributed by atoms with Gasteiger partial charge in [-0.05, 0) is 62.3 Å². The Bertz CT molecular complexity index is 1420. The van der Waals surface area contributed by atoms with Gasteiger partial charge in [0.25, 0.3) is 0 Å². The van der Waals surface area contributed by atoms with Crippen molar-refractivity contribution in [2.75, 3.05) is 0 Å². The average molecular weight is 350 g/mol. The van der Waals surface area contributed by atoms with Crippen molar-refractivity contribution in [3.8, 4) is 11.1 Å². The van der Waals surface area contributed by atoms with E-state index < -0.39 is 0 Å². The minimum Gasteiger partial charge on any atom is -0.455 e. The van der Waals surface area contributed by atoms with Gasteiger partial charge in [-0.1, -0.05) is 48.5 Å². The molecule has 0 aliphatic rings. The fourth-order valence-electron chi connectivity index (χ4n) is 4.02. The highest BCUT2D eigenvalue weighted by atomic mass is 32.1. The van der Waals surface area contributed by atoms with Gasteiger partial charge in [0, 0.05) is 16.2 Å². The number of rotatable bonds is 1. The number of furan rings is 1. The Kier molecular flexibility index (Phi) is 2.82. The smallest absolute Gasteiger partial charge is 0.143 e. The molecule has 0 unspecified atom stereocenters. The topological polar surface area (TPSA) is 13.1 Å². The molecule has 0 aliphatic heterocycles. The van der Waals surface area contributed by atoms with Gasteiger partial charge in [0.1, 0.15) is 11.2 Å². The fourth-order valence-corrected chi connectivity index (χ4v) is 4.68. The van der Waals surface area contributed by atoms with Crippen LogP contribution in [0.1, 0.15) is 0 Å². The van der Waals surface area contributed by atoms with Crippen LogP contribution in [0.2, 0.25) is 0 Å². The van der Waals surface area contributed by atoms with Gasteiger partial charge < -0.3 is 4.42 Å². The van der Waals surface area contributed by atoms with Crippen LogP contribution in [0.5, 0.6) is 0 Å². The zero-order valence-corrected chi connectivity index (χ0v) is 14.7. The maximum absolute atomic E-state index is 6.35. The SMILES string of the molecule is c1ccc2c(c1)cc(-c1ccsc1)c1ccc3c4ccccc4oc3c12. The van der Waals surface area contributed by atoms with Gasteiger partial charge in [-0.2, -0.15) is 11.3 Å². The number of benzene rings is 4. The minimum atomic E-state index is 0.944. The molecule has 6 rings (SSSR count). The third-order valence-corrected chi connectivity index (χ3v) is 5.88. The third kappa shape index (κ3) is 1.85. The first-order chi connectivity index (χ1) is 12.9. The highest BCUT2D eigenvalue weighted by molar-refractivity contribution is 7.08. The second kappa shape index (κ2) is 5.20. The highest BCUT2D eigenvalue weighted by Gasteiger charge is 2.15. The van der Waals surface area contributed by atoms with Crippen molar-refractivity contribution < 1.29 is 4.42 Å². The largest absolute Gasteiger partial charge is 0.455 e. The summed E-state index contributed by atoms with van der Waals surface area (Å²) in [6.45, 7) is 0. The second-order valence-electron chi connectivity index (χ2n) is 6.62. The summed E-state index contributed by atoms with van der Waals surface area (Å²) in [7, 11) is 0. The summed E-state index contributed by atoms with van der Waals surface area (Å²) in [6, 6.07) is 25.8. The molecule has 0 radical (unpaired) electrons. The van der Waals surface area contributed by atoms with Crippen LogP contribution in [0.3, 0.4) is 0 Å². The van der Waals surface area contributed by atoms with E-state index >= 15 is 0 Å². The first-order valence-corrected chi connectivity index (χ1v) is 9.63. The van der Waals surface area contributed by atoms with E-state index in [1.54, 1.807) is 11.3 Å². The Morgan fingerprint density at radius 1 is 0.692 bits per heavy atom. The van der Waals surface area contributed by atoms with Crippen LogP contribution in [0.25, 0.3) is 54.6 Å². The van der Waals surface area contributed by atoms with E-state index in [0.717, 1.165) is 11.2 Å². The van der Waals surface area contributed by atoms with E-state index in [4.69, 9.17) is 4.42 Å². The zero-order valence-electron chi connectivity index (χ0n) is 13.9. The molecule has 0 N–H and O–H groups in total.